The minimum Gasteiger partial charge on any atom is -0.371 e. The zero-order valence-electron chi connectivity index (χ0n) is 15.1. The monoisotopic (exact) mass is 353 g/mol. The summed E-state index contributed by atoms with van der Waals surface area (Å²) < 4.78 is 9.72. The van der Waals surface area contributed by atoms with Crippen molar-refractivity contribution in [1.29, 1.82) is 0 Å². The number of nitrogens with zero attached hydrogens (tertiary/aromatic N) is 4. The molecule has 1 aliphatic heterocycles. The number of nitrogens with one attached hydrogen (secondary N) is 1. The highest BCUT2D eigenvalue weighted by atomic mass is 16.5. The van der Waals surface area contributed by atoms with E-state index in [1.807, 2.05) is 53.7 Å². The minimum atomic E-state index is -0.123. The summed E-state index contributed by atoms with van der Waals surface area (Å²) in [7, 11) is 1.91. The Morgan fingerprint density at radius 1 is 1.38 bits per heavy atom. The van der Waals surface area contributed by atoms with Crippen molar-refractivity contribution in [2.45, 2.75) is 38.5 Å². The number of carbonyl (C=O) groups excluding carboxylic acids is 1. The number of para-hydroxylation sites is 2. The number of rotatable bonds is 5. The van der Waals surface area contributed by atoms with Crippen LogP contribution in [0.1, 0.15) is 30.2 Å². The van der Waals surface area contributed by atoms with E-state index in [9.17, 15) is 4.79 Å². The molecule has 0 aliphatic carbocycles. The Morgan fingerprint density at radius 3 is 3.04 bits per heavy atom. The van der Waals surface area contributed by atoms with E-state index >= 15 is 0 Å². The molecule has 0 radical (unpaired) electrons. The largest absolute Gasteiger partial charge is 0.371 e. The maximum Gasteiger partial charge on any atom is 0.222 e. The number of carbonyl (C=O) groups is 1. The number of ether oxygens (including phenoxy) is 1. The Hall–Kier alpha value is -2.67. The quantitative estimate of drug-likeness (QED) is 0.762. The van der Waals surface area contributed by atoms with E-state index in [4.69, 9.17) is 4.74 Å². The lowest BCUT2D eigenvalue weighted by Gasteiger charge is -2.20. The molecule has 7 nitrogen and oxygen atoms in total. The second-order valence-electron chi connectivity index (χ2n) is 6.74. The summed E-state index contributed by atoms with van der Waals surface area (Å²) in [6.45, 7) is 3.28. The summed E-state index contributed by atoms with van der Waals surface area (Å²) in [5, 5.41) is 7.43. The standard InChI is InChI=1S/C19H23N5O2/c1-13-14(11-21-23(13)2)19-16(8-10-26-19)22-18(25)7-9-24-12-20-15-5-3-4-6-17(15)24/h3-6,11-12,16,19H,7-10H2,1-2H3,(H,22,25)/t16-,19+/m0/s1. The van der Waals surface area contributed by atoms with Gasteiger partial charge in [-0.3, -0.25) is 9.48 Å². The second-order valence-corrected chi connectivity index (χ2v) is 6.74. The van der Waals surface area contributed by atoms with Gasteiger partial charge in [-0.05, 0) is 25.5 Å². The van der Waals surface area contributed by atoms with E-state index in [1.165, 1.54) is 0 Å². The van der Waals surface area contributed by atoms with Crippen LogP contribution < -0.4 is 5.32 Å². The molecule has 136 valence electrons. The number of fused-ring (bicyclic) bond motifs is 1. The number of hydrogen-bond donors (Lipinski definition) is 1. The molecule has 3 heterocycles. The summed E-state index contributed by atoms with van der Waals surface area (Å²) in [5.41, 5.74) is 4.12. The van der Waals surface area contributed by atoms with Crippen molar-refractivity contribution in [3.05, 3.63) is 48.0 Å². The normalized spacial score (nSPS) is 19.9. The van der Waals surface area contributed by atoms with Gasteiger partial charge in [-0.15, -0.1) is 0 Å². The Bertz CT molecular complexity index is 929. The van der Waals surface area contributed by atoms with Gasteiger partial charge in [0.15, 0.2) is 0 Å². The van der Waals surface area contributed by atoms with Gasteiger partial charge in [-0.2, -0.15) is 5.10 Å². The van der Waals surface area contributed by atoms with E-state index in [0.717, 1.165) is 28.7 Å². The van der Waals surface area contributed by atoms with Crippen molar-refractivity contribution in [2.24, 2.45) is 7.05 Å². The lowest BCUT2D eigenvalue weighted by atomic mass is 10.0. The average Bonchev–Trinajstić information content (AvgIpc) is 3.34. The molecule has 1 fully saturated rings. The molecule has 1 aromatic carbocycles. The van der Waals surface area contributed by atoms with E-state index in [-0.39, 0.29) is 18.1 Å². The molecule has 0 spiro atoms. The SMILES string of the molecule is Cc1c([C@H]2OCC[C@@H]2NC(=O)CCn2cnc3ccccc32)cnn1C. The number of aryl methyl sites for hydroxylation is 2. The van der Waals surface area contributed by atoms with Gasteiger partial charge in [0.25, 0.3) is 0 Å². The van der Waals surface area contributed by atoms with Crippen LogP contribution in [0.25, 0.3) is 11.0 Å². The van der Waals surface area contributed by atoms with Gasteiger partial charge < -0.3 is 14.6 Å². The molecule has 4 rings (SSSR count). The van der Waals surface area contributed by atoms with Gasteiger partial charge >= 0.3 is 0 Å². The molecule has 1 saturated heterocycles. The molecule has 1 amide bonds. The van der Waals surface area contributed by atoms with Crippen LogP contribution in [0.4, 0.5) is 0 Å². The third kappa shape index (κ3) is 3.10. The van der Waals surface area contributed by atoms with Gasteiger partial charge in [0.2, 0.25) is 5.91 Å². The van der Waals surface area contributed by atoms with Gasteiger partial charge in [-0.25, -0.2) is 4.98 Å². The van der Waals surface area contributed by atoms with Crippen molar-refractivity contribution in [2.75, 3.05) is 6.61 Å². The van der Waals surface area contributed by atoms with Gasteiger partial charge in [0, 0.05) is 37.9 Å². The van der Waals surface area contributed by atoms with Crippen LogP contribution in [0.2, 0.25) is 0 Å². The molecule has 1 aliphatic rings. The fourth-order valence-corrected chi connectivity index (χ4v) is 3.53. The Balaban J connectivity index is 1.39. The third-order valence-corrected chi connectivity index (χ3v) is 5.12. The number of amides is 1. The van der Waals surface area contributed by atoms with Crippen LogP contribution in [-0.4, -0.2) is 37.9 Å². The molecule has 26 heavy (non-hydrogen) atoms. The second kappa shape index (κ2) is 6.92. The number of aromatic nitrogens is 4. The van der Waals surface area contributed by atoms with Crippen molar-refractivity contribution in [1.82, 2.24) is 24.6 Å². The molecule has 0 unspecified atom stereocenters. The zero-order chi connectivity index (χ0) is 18.1. The topological polar surface area (TPSA) is 74.0 Å². The Kier molecular flexibility index (Phi) is 4.46. The highest BCUT2D eigenvalue weighted by Crippen LogP contribution is 2.31. The summed E-state index contributed by atoms with van der Waals surface area (Å²) in [6, 6.07) is 7.93. The van der Waals surface area contributed by atoms with Gasteiger partial charge in [0.05, 0.1) is 29.6 Å². The van der Waals surface area contributed by atoms with Crippen molar-refractivity contribution in [3.63, 3.8) is 0 Å². The summed E-state index contributed by atoms with van der Waals surface area (Å²) in [6.07, 6.45) is 4.73. The molecule has 3 aromatic rings. The fraction of sp³-hybridized carbons (Fsp3) is 0.421. The fourth-order valence-electron chi connectivity index (χ4n) is 3.53. The summed E-state index contributed by atoms with van der Waals surface area (Å²) >= 11 is 0. The van der Waals surface area contributed by atoms with Gasteiger partial charge in [-0.1, -0.05) is 12.1 Å². The lowest BCUT2D eigenvalue weighted by Crippen LogP contribution is -2.37. The molecule has 2 atom stereocenters. The predicted octanol–water partition coefficient (Wildman–Crippen LogP) is 2.11. The number of imidazole rings is 1. The van der Waals surface area contributed by atoms with Crippen LogP contribution in [-0.2, 0) is 23.1 Å². The third-order valence-electron chi connectivity index (χ3n) is 5.12. The van der Waals surface area contributed by atoms with Crippen LogP contribution in [0.15, 0.2) is 36.8 Å². The number of benzene rings is 1. The summed E-state index contributed by atoms with van der Waals surface area (Å²) in [4.78, 5) is 16.8. The smallest absolute Gasteiger partial charge is 0.222 e. The Morgan fingerprint density at radius 2 is 2.23 bits per heavy atom. The van der Waals surface area contributed by atoms with E-state index < -0.39 is 0 Å². The minimum absolute atomic E-state index is 0.00932. The molecular weight excluding hydrogens is 330 g/mol. The van der Waals surface area contributed by atoms with E-state index in [1.54, 1.807) is 6.33 Å². The molecular formula is C19H23N5O2. The molecule has 7 heteroatoms. The van der Waals surface area contributed by atoms with Gasteiger partial charge in [0.1, 0.15) is 6.10 Å². The predicted molar refractivity (Wildman–Crippen MR) is 97.5 cm³/mol. The van der Waals surface area contributed by atoms with Crippen LogP contribution in [0.3, 0.4) is 0 Å². The Labute approximate surface area is 152 Å². The first kappa shape index (κ1) is 16.8. The van der Waals surface area contributed by atoms with Crippen molar-refractivity contribution >= 4 is 16.9 Å². The first-order chi connectivity index (χ1) is 12.6. The average molecular weight is 353 g/mol. The molecule has 2 aromatic heterocycles. The zero-order valence-corrected chi connectivity index (χ0v) is 15.1. The first-order valence-corrected chi connectivity index (χ1v) is 8.93. The van der Waals surface area contributed by atoms with Crippen molar-refractivity contribution in [3.8, 4) is 0 Å². The first-order valence-electron chi connectivity index (χ1n) is 8.93. The maximum atomic E-state index is 12.5. The van der Waals surface area contributed by atoms with Crippen LogP contribution in [0, 0.1) is 6.92 Å². The van der Waals surface area contributed by atoms with Crippen LogP contribution >= 0.6 is 0 Å². The number of hydrogen-bond acceptors (Lipinski definition) is 4. The summed E-state index contributed by atoms with van der Waals surface area (Å²) in [5.74, 6) is 0.0322. The lowest BCUT2D eigenvalue weighted by molar-refractivity contribution is -0.122. The maximum absolute atomic E-state index is 12.5. The van der Waals surface area contributed by atoms with Crippen molar-refractivity contribution < 1.29 is 9.53 Å². The molecule has 0 bridgehead atoms. The highest BCUT2D eigenvalue weighted by Gasteiger charge is 2.33. The van der Waals surface area contributed by atoms with E-state index in [0.29, 0.717) is 19.6 Å². The van der Waals surface area contributed by atoms with Crippen LogP contribution in [0.5, 0.6) is 0 Å². The van der Waals surface area contributed by atoms with E-state index in [2.05, 4.69) is 15.4 Å². The highest BCUT2D eigenvalue weighted by molar-refractivity contribution is 5.77. The molecule has 0 saturated carbocycles. The molecule has 1 N–H and O–H groups in total.